The van der Waals surface area contributed by atoms with Crippen molar-refractivity contribution in [3.05, 3.63) is 22.2 Å². The minimum absolute atomic E-state index is 0.387. The van der Waals surface area contributed by atoms with Gasteiger partial charge in [0.1, 0.15) is 11.0 Å². The molecule has 0 aliphatic rings. The first-order valence-electron chi connectivity index (χ1n) is 5.09. The molecule has 0 unspecified atom stereocenters. The average Bonchev–Trinajstić information content (AvgIpc) is 2.01. The van der Waals surface area contributed by atoms with Gasteiger partial charge in [-0.15, -0.1) is 0 Å². The van der Waals surface area contributed by atoms with Crippen LogP contribution in [0.2, 0.25) is 5.15 Å². The van der Waals surface area contributed by atoms with Crippen LogP contribution in [0.4, 0.5) is 0 Å². The van der Waals surface area contributed by atoms with E-state index in [0.29, 0.717) is 11.1 Å². The summed E-state index contributed by atoms with van der Waals surface area (Å²) in [5.41, 5.74) is 2.09. The highest BCUT2D eigenvalue weighted by atomic mass is 35.5. The summed E-state index contributed by atoms with van der Waals surface area (Å²) in [6.45, 7) is 8.33. The third-order valence-electron chi connectivity index (χ3n) is 2.19. The van der Waals surface area contributed by atoms with Crippen molar-refractivity contribution in [1.29, 1.82) is 0 Å². The van der Waals surface area contributed by atoms with Gasteiger partial charge in [0.2, 0.25) is 0 Å². The smallest absolute Gasteiger partial charge is 0.136 e. The molecule has 0 N–H and O–H groups in total. The van der Waals surface area contributed by atoms with E-state index in [1.807, 2.05) is 6.92 Å². The van der Waals surface area contributed by atoms with Crippen LogP contribution in [0.5, 0.6) is 0 Å². The fraction of sp³-hybridized carbons (Fsp3) is 0.636. The third kappa shape index (κ3) is 2.44. The van der Waals surface area contributed by atoms with Gasteiger partial charge in [-0.1, -0.05) is 32.4 Å². The second kappa shape index (κ2) is 4.74. The van der Waals surface area contributed by atoms with Crippen molar-refractivity contribution in [3.63, 3.8) is 0 Å². The zero-order valence-corrected chi connectivity index (χ0v) is 10.0. The van der Waals surface area contributed by atoms with E-state index in [4.69, 9.17) is 11.6 Å². The van der Waals surface area contributed by atoms with Gasteiger partial charge in [-0.25, -0.2) is 9.97 Å². The van der Waals surface area contributed by atoms with Gasteiger partial charge in [0.25, 0.3) is 0 Å². The molecule has 0 amide bonds. The molecule has 1 aromatic heterocycles. The van der Waals surface area contributed by atoms with Crippen molar-refractivity contribution in [2.75, 3.05) is 0 Å². The van der Waals surface area contributed by atoms with Crippen LogP contribution in [-0.4, -0.2) is 9.97 Å². The third-order valence-corrected chi connectivity index (χ3v) is 2.48. The second-order valence-corrected chi connectivity index (χ2v) is 4.19. The first-order chi connectivity index (χ1) is 6.56. The van der Waals surface area contributed by atoms with E-state index in [2.05, 4.69) is 30.7 Å². The molecule has 1 rings (SSSR count). The summed E-state index contributed by atoms with van der Waals surface area (Å²) in [5, 5.41) is 0.621. The van der Waals surface area contributed by atoms with Crippen LogP contribution in [0.3, 0.4) is 0 Å². The lowest BCUT2D eigenvalue weighted by atomic mass is 10.0. The molecule has 0 saturated heterocycles. The van der Waals surface area contributed by atoms with Crippen LogP contribution in [0, 0.1) is 6.92 Å². The summed E-state index contributed by atoms with van der Waals surface area (Å²) in [4.78, 5) is 8.75. The average molecular weight is 213 g/mol. The van der Waals surface area contributed by atoms with Crippen LogP contribution < -0.4 is 0 Å². The SMILES string of the molecule is CCCc1nc(C)c(C(C)C)c(Cl)n1. The fourth-order valence-corrected chi connectivity index (χ4v) is 2.05. The van der Waals surface area contributed by atoms with Crippen molar-refractivity contribution < 1.29 is 0 Å². The fourth-order valence-electron chi connectivity index (χ4n) is 1.59. The molecule has 14 heavy (non-hydrogen) atoms. The van der Waals surface area contributed by atoms with E-state index in [9.17, 15) is 0 Å². The normalized spacial score (nSPS) is 11.0. The first kappa shape index (κ1) is 11.4. The summed E-state index contributed by atoms with van der Waals surface area (Å²) in [5.74, 6) is 1.25. The maximum Gasteiger partial charge on any atom is 0.136 e. The highest BCUT2D eigenvalue weighted by Crippen LogP contribution is 2.24. The van der Waals surface area contributed by atoms with Gasteiger partial charge in [0.05, 0.1) is 0 Å². The van der Waals surface area contributed by atoms with Crippen molar-refractivity contribution >= 4 is 11.6 Å². The molecule has 3 heteroatoms. The van der Waals surface area contributed by atoms with Gasteiger partial charge >= 0.3 is 0 Å². The zero-order valence-electron chi connectivity index (χ0n) is 9.26. The summed E-state index contributed by atoms with van der Waals surface area (Å²) < 4.78 is 0. The number of rotatable bonds is 3. The largest absolute Gasteiger partial charge is 0.238 e. The molecule has 78 valence electrons. The highest BCUT2D eigenvalue weighted by Gasteiger charge is 2.12. The molecule has 0 spiro atoms. The Morgan fingerprint density at radius 3 is 2.36 bits per heavy atom. The molecule has 0 radical (unpaired) electrons. The van der Waals surface area contributed by atoms with Crippen LogP contribution in [0.1, 0.15) is 50.2 Å². The molecular weight excluding hydrogens is 196 g/mol. The molecule has 0 saturated carbocycles. The molecule has 0 aromatic carbocycles. The monoisotopic (exact) mass is 212 g/mol. The Kier molecular flexibility index (Phi) is 3.87. The number of aromatic nitrogens is 2. The van der Waals surface area contributed by atoms with Crippen molar-refractivity contribution in [1.82, 2.24) is 9.97 Å². The van der Waals surface area contributed by atoms with Crippen LogP contribution in [0.15, 0.2) is 0 Å². The molecule has 0 aliphatic carbocycles. The molecule has 2 nitrogen and oxygen atoms in total. The van der Waals surface area contributed by atoms with E-state index < -0.39 is 0 Å². The molecule has 1 aromatic rings. The first-order valence-corrected chi connectivity index (χ1v) is 5.47. The number of nitrogens with zero attached hydrogens (tertiary/aromatic N) is 2. The van der Waals surface area contributed by atoms with Crippen molar-refractivity contribution in [2.24, 2.45) is 0 Å². The summed E-state index contributed by atoms with van der Waals surface area (Å²) >= 11 is 6.11. The van der Waals surface area contributed by atoms with Gasteiger partial charge in [0.15, 0.2) is 0 Å². The number of aryl methyl sites for hydroxylation is 2. The van der Waals surface area contributed by atoms with Crippen LogP contribution in [-0.2, 0) is 6.42 Å². The van der Waals surface area contributed by atoms with Gasteiger partial charge in [0, 0.05) is 17.7 Å². The van der Waals surface area contributed by atoms with Crippen molar-refractivity contribution in [3.8, 4) is 0 Å². The maximum atomic E-state index is 6.11. The predicted octanol–water partition coefficient (Wildman–Crippen LogP) is 3.51. The van der Waals surface area contributed by atoms with Crippen LogP contribution in [0.25, 0.3) is 0 Å². The standard InChI is InChI=1S/C11H17ClN2/c1-5-6-9-13-8(4)10(7(2)3)11(12)14-9/h7H,5-6H2,1-4H3. The molecule has 1 heterocycles. The Balaban J connectivity index is 3.11. The predicted molar refractivity (Wildman–Crippen MR) is 59.9 cm³/mol. The molecule has 0 fully saturated rings. The lowest BCUT2D eigenvalue weighted by Crippen LogP contribution is -2.04. The zero-order chi connectivity index (χ0) is 10.7. The van der Waals surface area contributed by atoms with Gasteiger partial charge in [-0.05, 0) is 19.3 Å². The molecule has 0 atom stereocenters. The summed E-state index contributed by atoms with van der Waals surface area (Å²) in [6, 6.07) is 0. The van der Waals surface area contributed by atoms with E-state index >= 15 is 0 Å². The Hall–Kier alpha value is -0.630. The quantitative estimate of drug-likeness (QED) is 0.717. The molecular formula is C11H17ClN2. The van der Waals surface area contributed by atoms with Crippen LogP contribution >= 0.6 is 11.6 Å². The minimum atomic E-state index is 0.387. The molecule has 0 aliphatic heterocycles. The lowest BCUT2D eigenvalue weighted by molar-refractivity contribution is 0.780. The van der Waals surface area contributed by atoms with E-state index in [1.54, 1.807) is 0 Å². The maximum absolute atomic E-state index is 6.11. The lowest BCUT2D eigenvalue weighted by Gasteiger charge is -2.11. The minimum Gasteiger partial charge on any atom is -0.238 e. The number of hydrogen-bond acceptors (Lipinski definition) is 2. The molecule has 0 bridgehead atoms. The second-order valence-electron chi connectivity index (χ2n) is 3.83. The highest BCUT2D eigenvalue weighted by molar-refractivity contribution is 6.30. The summed E-state index contributed by atoms with van der Waals surface area (Å²) in [6.07, 6.45) is 1.95. The van der Waals surface area contributed by atoms with E-state index in [0.717, 1.165) is 29.9 Å². The van der Waals surface area contributed by atoms with E-state index in [1.165, 1.54) is 0 Å². The van der Waals surface area contributed by atoms with E-state index in [-0.39, 0.29) is 0 Å². The Labute approximate surface area is 90.7 Å². The Bertz CT molecular complexity index is 298. The van der Waals surface area contributed by atoms with Gasteiger partial charge in [-0.3, -0.25) is 0 Å². The number of halogens is 1. The Morgan fingerprint density at radius 2 is 1.93 bits per heavy atom. The van der Waals surface area contributed by atoms with Crippen molar-refractivity contribution in [2.45, 2.75) is 46.5 Å². The van der Waals surface area contributed by atoms with Gasteiger partial charge < -0.3 is 0 Å². The topological polar surface area (TPSA) is 25.8 Å². The summed E-state index contributed by atoms with van der Waals surface area (Å²) in [7, 11) is 0. The Morgan fingerprint density at radius 1 is 1.29 bits per heavy atom. The number of hydrogen-bond donors (Lipinski definition) is 0. The van der Waals surface area contributed by atoms with Gasteiger partial charge in [-0.2, -0.15) is 0 Å².